The van der Waals surface area contributed by atoms with Gasteiger partial charge in [-0.25, -0.2) is 4.98 Å². The highest BCUT2D eigenvalue weighted by Gasteiger charge is 2.20. The average Bonchev–Trinajstić information content (AvgIpc) is 2.72. The second-order valence-corrected chi connectivity index (χ2v) is 7.22. The smallest absolute Gasteiger partial charge is 0.229 e. The zero-order valence-corrected chi connectivity index (χ0v) is 16.0. The Labute approximate surface area is 168 Å². The third-order valence-electron chi connectivity index (χ3n) is 4.77. The van der Waals surface area contributed by atoms with Gasteiger partial charge in [0.1, 0.15) is 11.6 Å². The van der Waals surface area contributed by atoms with Crippen LogP contribution in [-0.4, -0.2) is 39.4 Å². The fraction of sp³-hybridized carbons (Fsp3) is 0.238. The molecular formula is C21H21ClN4O2. The van der Waals surface area contributed by atoms with Crippen LogP contribution in [0, 0.1) is 0 Å². The van der Waals surface area contributed by atoms with Gasteiger partial charge in [0.05, 0.1) is 16.8 Å². The van der Waals surface area contributed by atoms with Gasteiger partial charge in [-0.05, 0) is 31.0 Å². The van der Waals surface area contributed by atoms with Gasteiger partial charge >= 0.3 is 0 Å². The van der Waals surface area contributed by atoms with Crippen molar-refractivity contribution in [1.29, 1.82) is 0 Å². The highest BCUT2D eigenvalue weighted by molar-refractivity contribution is 6.32. The van der Waals surface area contributed by atoms with Crippen LogP contribution in [0.15, 0.2) is 54.6 Å². The number of nitrogens with one attached hydrogen (secondary N) is 1. The second kappa shape index (κ2) is 8.04. The van der Waals surface area contributed by atoms with E-state index in [-0.39, 0.29) is 16.9 Å². The molecule has 4 rings (SSSR count). The van der Waals surface area contributed by atoms with Gasteiger partial charge in [-0.1, -0.05) is 41.9 Å². The average molecular weight is 397 g/mol. The molecule has 3 N–H and O–H groups in total. The van der Waals surface area contributed by atoms with Crippen molar-refractivity contribution in [2.24, 2.45) is 0 Å². The zero-order valence-electron chi connectivity index (χ0n) is 15.2. The fourth-order valence-corrected chi connectivity index (χ4v) is 3.40. The molecule has 0 aliphatic carbocycles. The number of aliphatic hydroxyl groups is 1. The van der Waals surface area contributed by atoms with Crippen LogP contribution in [-0.2, 0) is 0 Å². The molecule has 0 amide bonds. The van der Waals surface area contributed by atoms with Gasteiger partial charge in [0, 0.05) is 30.4 Å². The molecule has 0 atom stereocenters. The Kier molecular flexibility index (Phi) is 5.32. The van der Waals surface area contributed by atoms with E-state index < -0.39 is 0 Å². The number of hydrogen-bond donors (Lipinski definition) is 3. The molecule has 144 valence electrons. The lowest BCUT2D eigenvalue weighted by molar-refractivity contribution is 0.145. The Morgan fingerprint density at radius 3 is 2.46 bits per heavy atom. The maximum atomic E-state index is 9.80. The summed E-state index contributed by atoms with van der Waals surface area (Å²) < 4.78 is 0. The van der Waals surface area contributed by atoms with Crippen LogP contribution in [0.4, 0.5) is 17.5 Å². The molecule has 1 aromatic heterocycles. The molecule has 1 aliphatic heterocycles. The summed E-state index contributed by atoms with van der Waals surface area (Å²) in [6.45, 7) is 1.49. The summed E-state index contributed by atoms with van der Waals surface area (Å²) in [7, 11) is 0. The van der Waals surface area contributed by atoms with Crippen molar-refractivity contribution < 1.29 is 10.2 Å². The van der Waals surface area contributed by atoms with Crippen molar-refractivity contribution in [3.05, 3.63) is 59.6 Å². The van der Waals surface area contributed by atoms with Crippen molar-refractivity contribution in [1.82, 2.24) is 9.97 Å². The molecule has 1 fully saturated rings. The van der Waals surface area contributed by atoms with Crippen molar-refractivity contribution in [2.75, 3.05) is 23.3 Å². The first-order chi connectivity index (χ1) is 13.6. The van der Waals surface area contributed by atoms with Crippen molar-refractivity contribution >= 4 is 29.1 Å². The number of rotatable bonds is 4. The number of aliphatic hydroxyl groups excluding tert-OH is 1. The van der Waals surface area contributed by atoms with Gasteiger partial charge in [0.2, 0.25) is 5.95 Å². The summed E-state index contributed by atoms with van der Waals surface area (Å²) in [5.74, 6) is 1.29. The highest BCUT2D eigenvalue weighted by Crippen LogP contribution is 2.29. The van der Waals surface area contributed by atoms with E-state index in [0.717, 1.165) is 43.0 Å². The number of piperidine rings is 1. The van der Waals surface area contributed by atoms with E-state index in [0.29, 0.717) is 11.6 Å². The van der Waals surface area contributed by atoms with Gasteiger partial charge in [-0.2, -0.15) is 4.98 Å². The van der Waals surface area contributed by atoms with Crippen LogP contribution in [0.5, 0.6) is 5.75 Å². The number of phenols is 1. The van der Waals surface area contributed by atoms with Crippen LogP contribution in [0.25, 0.3) is 11.3 Å². The number of aromatic nitrogens is 2. The summed E-state index contributed by atoms with van der Waals surface area (Å²) in [5, 5.41) is 22.9. The Bertz CT molecular complexity index is 960. The summed E-state index contributed by atoms with van der Waals surface area (Å²) >= 11 is 6.01. The first-order valence-corrected chi connectivity index (χ1v) is 9.59. The molecule has 7 heteroatoms. The SMILES string of the molecule is Oc1ccc(Nc2nc(-c3ccccc3)cc(N3CCC(O)CC3)n2)cc1Cl. The molecule has 28 heavy (non-hydrogen) atoms. The first kappa shape index (κ1) is 18.5. The lowest BCUT2D eigenvalue weighted by atomic mass is 10.1. The summed E-state index contributed by atoms with van der Waals surface area (Å²) in [6, 6.07) is 16.8. The molecule has 1 aliphatic rings. The van der Waals surface area contributed by atoms with Crippen LogP contribution < -0.4 is 10.2 Å². The second-order valence-electron chi connectivity index (χ2n) is 6.81. The van der Waals surface area contributed by atoms with Crippen LogP contribution in [0.3, 0.4) is 0 Å². The van der Waals surface area contributed by atoms with Crippen LogP contribution in [0.1, 0.15) is 12.8 Å². The Morgan fingerprint density at radius 2 is 1.75 bits per heavy atom. The number of aromatic hydroxyl groups is 1. The monoisotopic (exact) mass is 396 g/mol. The molecule has 3 aromatic rings. The maximum Gasteiger partial charge on any atom is 0.229 e. The molecule has 0 bridgehead atoms. The molecule has 0 saturated carbocycles. The Balaban J connectivity index is 1.70. The zero-order chi connectivity index (χ0) is 19.5. The van der Waals surface area contributed by atoms with E-state index in [1.165, 1.54) is 6.07 Å². The third-order valence-corrected chi connectivity index (χ3v) is 5.08. The summed E-state index contributed by atoms with van der Waals surface area (Å²) in [5.41, 5.74) is 2.49. The van der Waals surface area contributed by atoms with Crippen molar-refractivity contribution in [2.45, 2.75) is 18.9 Å². The van der Waals surface area contributed by atoms with Gasteiger partial charge in [0.15, 0.2) is 0 Å². The number of halogens is 1. The minimum Gasteiger partial charge on any atom is -0.506 e. The topological polar surface area (TPSA) is 81.5 Å². The minimum absolute atomic E-state index is 0.0266. The van der Waals surface area contributed by atoms with Gasteiger partial charge in [-0.3, -0.25) is 0 Å². The maximum absolute atomic E-state index is 9.80. The summed E-state index contributed by atoms with van der Waals surface area (Å²) in [6.07, 6.45) is 1.20. The van der Waals surface area contributed by atoms with E-state index in [2.05, 4.69) is 20.2 Å². The van der Waals surface area contributed by atoms with Crippen molar-refractivity contribution in [3.63, 3.8) is 0 Å². The first-order valence-electron chi connectivity index (χ1n) is 9.21. The largest absolute Gasteiger partial charge is 0.506 e. The number of anilines is 3. The van der Waals surface area contributed by atoms with E-state index >= 15 is 0 Å². The molecule has 2 aromatic carbocycles. The standard InChI is InChI=1S/C21H21ClN4O2/c22-17-12-15(6-7-19(17)28)23-21-24-18(14-4-2-1-3-5-14)13-20(25-21)26-10-8-16(27)9-11-26/h1-7,12-13,16,27-28H,8-11H2,(H,23,24,25). The Morgan fingerprint density at radius 1 is 1.00 bits per heavy atom. The minimum atomic E-state index is -0.247. The van der Waals surface area contributed by atoms with E-state index in [9.17, 15) is 10.2 Å². The number of phenolic OH excluding ortho intramolecular Hbond substituents is 1. The predicted molar refractivity (Wildman–Crippen MR) is 111 cm³/mol. The lowest BCUT2D eigenvalue weighted by Crippen LogP contribution is -2.36. The normalized spacial score (nSPS) is 14.9. The number of nitrogens with zero attached hydrogens (tertiary/aromatic N) is 3. The van der Waals surface area contributed by atoms with Crippen LogP contribution >= 0.6 is 11.6 Å². The third kappa shape index (κ3) is 4.18. The number of hydrogen-bond acceptors (Lipinski definition) is 6. The highest BCUT2D eigenvalue weighted by atomic mass is 35.5. The molecule has 0 unspecified atom stereocenters. The summed E-state index contributed by atoms with van der Waals surface area (Å²) in [4.78, 5) is 11.5. The van der Waals surface area contributed by atoms with E-state index in [1.807, 2.05) is 36.4 Å². The van der Waals surface area contributed by atoms with Crippen molar-refractivity contribution in [3.8, 4) is 17.0 Å². The van der Waals surface area contributed by atoms with Crippen LogP contribution in [0.2, 0.25) is 5.02 Å². The number of benzene rings is 2. The molecule has 1 saturated heterocycles. The van der Waals surface area contributed by atoms with Gasteiger partial charge < -0.3 is 20.4 Å². The Hall–Kier alpha value is -2.83. The predicted octanol–water partition coefficient (Wildman–Crippen LogP) is 4.21. The van der Waals surface area contributed by atoms with Gasteiger partial charge in [-0.15, -0.1) is 0 Å². The van der Waals surface area contributed by atoms with E-state index in [4.69, 9.17) is 11.6 Å². The molecule has 6 nitrogen and oxygen atoms in total. The fourth-order valence-electron chi connectivity index (χ4n) is 3.22. The van der Waals surface area contributed by atoms with Gasteiger partial charge in [0.25, 0.3) is 0 Å². The lowest BCUT2D eigenvalue weighted by Gasteiger charge is -2.30. The quantitative estimate of drug-likeness (QED) is 0.573. The molecule has 2 heterocycles. The molecule has 0 spiro atoms. The van der Waals surface area contributed by atoms with E-state index in [1.54, 1.807) is 12.1 Å². The molecule has 0 radical (unpaired) electrons. The molecular weight excluding hydrogens is 376 g/mol.